The number of aliphatic carboxylic acids is 1. The minimum Gasteiger partial charge on any atom is -0.480 e. The van der Waals surface area contributed by atoms with Crippen molar-refractivity contribution < 1.29 is 42.6 Å². The number of ketones is 1. The number of likely N-dealkylation sites (tertiary alicyclic amines) is 1. The average Bonchev–Trinajstić information content (AvgIpc) is 3.89. The largest absolute Gasteiger partial charge is 0.480 e. The first kappa shape index (κ1) is 34.3. The van der Waals surface area contributed by atoms with Crippen molar-refractivity contribution in [1.29, 1.82) is 0 Å². The fourth-order valence-electron chi connectivity index (χ4n) is 6.71. The van der Waals surface area contributed by atoms with Crippen LogP contribution in [0.4, 0.5) is 4.39 Å². The van der Waals surface area contributed by atoms with Crippen LogP contribution in [0.5, 0.6) is 0 Å². The zero-order valence-electron chi connectivity index (χ0n) is 28.1. The highest BCUT2D eigenvalue weighted by atomic mass is 19.1. The number of hydrogen-bond donors (Lipinski definition) is 1. The number of ether oxygens (including phenoxy) is 3. The molecular formula is C40H34FN3O8. The van der Waals surface area contributed by atoms with Crippen molar-refractivity contribution in [3.05, 3.63) is 132 Å². The molecule has 3 atom stereocenters. The molecule has 7 rings (SSSR count). The van der Waals surface area contributed by atoms with E-state index >= 15 is 4.39 Å². The van der Waals surface area contributed by atoms with Gasteiger partial charge in [-0.2, -0.15) is 4.98 Å². The Morgan fingerprint density at radius 3 is 2.31 bits per heavy atom. The minimum absolute atomic E-state index is 0.0423. The summed E-state index contributed by atoms with van der Waals surface area (Å²) in [5.41, 5.74) is 1.85. The summed E-state index contributed by atoms with van der Waals surface area (Å²) in [4.78, 5) is 46.6. The molecule has 0 amide bonds. The van der Waals surface area contributed by atoms with Crippen LogP contribution in [-0.2, 0) is 41.7 Å². The molecule has 0 saturated carbocycles. The summed E-state index contributed by atoms with van der Waals surface area (Å²) in [5.74, 6) is -3.44. The van der Waals surface area contributed by atoms with Crippen LogP contribution < -0.4 is 0 Å². The van der Waals surface area contributed by atoms with Gasteiger partial charge in [-0.15, -0.1) is 0 Å². The summed E-state index contributed by atoms with van der Waals surface area (Å²) in [5, 5.41) is 14.6. The lowest BCUT2D eigenvalue weighted by molar-refractivity contribution is -0.181. The number of rotatable bonds is 11. The zero-order chi connectivity index (χ0) is 36.2. The lowest BCUT2D eigenvalue weighted by atomic mass is 9.67. The van der Waals surface area contributed by atoms with E-state index in [2.05, 4.69) is 10.1 Å². The van der Waals surface area contributed by atoms with E-state index in [1.165, 1.54) is 12.3 Å². The molecule has 2 aliphatic rings. The number of carbonyl (C=O) groups is 3. The highest BCUT2D eigenvalue weighted by Gasteiger charge is 2.58. The van der Waals surface area contributed by atoms with E-state index < -0.39 is 40.9 Å². The highest BCUT2D eigenvalue weighted by molar-refractivity contribution is 6.03. The number of carboxylic acids is 1. The van der Waals surface area contributed by atoms with Crippen LogP contribution in [-0.4, -0.2) is 57.2 Å². The molecule has 3 unspecified atom stereocenters. The first-order valence-corrected chi connectivity index (χ1v) is 16.7. The van der Waals surface area contributed by atoms with Crippen LogP contribution in [0.25, 0.3) is 34.0 Å². The Balaban J connectivity index is 1.09. The lowest BCUT2D eigenvalue weighted by Crippen LogP contribution is -2.60. The molecule has 1 aromatic heterocycles. The van der Waals surface area contributed by atoms with Gasteiger partial charge >= 0.3 is 11.9 Å². The highest BCUT2D eigenvalue weighted by Crippen LogP contribution is 2.43. The number of piperidine rings is 1. The first-order chi connectivity index (χ1) is 25.2. The van der Waals surface area contributed by atoms with Crippen LogP contribution in [0.2, 0.25) is 0 Å². The van der Waals surface area contributed by atoms with E-state index in [0.717, 1.165) is 11.1 Å². The zero-order valence-corrected chi connectivity index (χ0v) is 28.1. The van der Waals surface area contributed by atoms with Gasteiger partial charge in [-0.25, -0.2) is 4.39 Å². The Hall–Kier alpha value is -6.14. The average molecular weight is 704 g/mol. The van der Waals surface area contributed by atoms with Crippen LogP contribution in [0.15, 0.2) is 120 Å². The van der Waals surface area contributed by atoms with Crippen LogP contribution in [0.1, 0.15) is 24.5 Å². The van der Waals surface area contributed by atoms with Gasteiger partial charge in [0.1, 0.15) is 18.7 Å². The van der Waals surface area contributed by atoms with Gasteiger partial charge in [-0.1, -0.05) is 103 Å². The van der Waals surface area contributed by atoms with E-state index in [1.807, 2.05) is 53.4 Å². The Morgan fingerprint density at radius 1 is 0.923 bits per heavy atom. The Bertz CT molecular complexity index is 2120. The van der Waals surface area contributed by atoms with Gasteiger partial charge in [0.15, 0.2) is 5.41 Å². The van der Waals surface area contributed by atoms with Gasteiger partial charge in [0.2, 0.25) is 24.2 Å². The summed E-state index contributed by atoms with van der Waals surface area (Å²) >= 11 is 0. The number of hydrogen-bond acceptors (Lipinski definition) is 10. The standard InChI is InChI=1S/C40H34FN3O8/c1-25-20-44(33(35(45)34-23-49-24-51-34)19-40(25,38(46)47)39(48)50-22-27-8-4-2-5-9-27)21-26-12-14-29(15-13-26)36-42-37(52-43-36)30-16-17-31(32(41)18-30)28-10-6-3-7-11-28/h2-18,23,25,33H,19-22,24H2,1H3,(H,46,47). The van der Waals surface area contributed by atoms with E-state index in [4.69, 9.17) is 18.7 Å². The second-order valence-corrected chi connectivity index (χ2v) is 12.8. The molecule has 3 heterocycles. The number of nitrogens with zero attached hydrogens (tertiary/aromatic N) is 3. The summed E-state index contributed by atoms with van der Waals surface area (Å²) in [6.07, 6.45) is 0.877. The predicted octanol–water partition coefficient (Wildman–Crippen LogP) is 6.65. The maximum absolute atomic E-state index is 15.0. The fourth-order valence-corrected chi connectivity index (χ4v) is 6.71. The molecule has 52 heavy (non-hydrogen) atoms. The molecule has 4 aromatic carbocycles. The number of aromatic nitrogens is 2. The summed E-state index contributed by atoms with van der Waals surface area (Å²) in [6, 6.07) is 29.2. The molecular weight excluding hydrogens is 669 g/mol. The van der Waals surface area contributed by atoms with E-state index in [1.54, 1.807) is 55.5 Å². The second-order valence-electron chi connectivity index (χ2n) is 12.8. The molecule has 2 aliphatic heterocycles. The number of Topliss-reactive ketones (excluding diaryl/α,β-unsaturated/α-hetero) is 1. The van der Waals surface area contributed by atoms with Crippen molar-refractivity contribution >= 4 is 17.7 Å². The van der Waals surface area contributed by atoms with E-state index in [-0.39, 0.29) is 44.6 Å². The molecule has 0 aliphatic carbocycles. The third-order valence-electron chi connectivity index (χ3n) is 9.61. The number of carboxylic acid groups (broad SMARTS) is 1. The van der Waals surface area contributed by atoms with Gasteiger partial charge in [0, 0.05) is 29.8 Å². The third-order valence-corrected chi connectivity index (χ3v) is 9.61. The molecule has 0 radical (unpaired) electrons. The molecule has 1 fully saturated rings. The van der Waals surface area contributed by atoms with E-state index in [0.29, 0.717) is 28.1 Å². The van der Waals surface area contributed by atoms with Crippen LogP contribution >= 0.6 is 0 Å². The van der Waals surface area contributed by atoms with Crippen molar-refractivity contribution in [3.8, 4) is 34.0 Å². The van der Waals surface area contributed by atoms with Gasteiger partial charge in [-0.3, -0.25) is 19.3 Å². The molecule has 12 heteroatoms. The van der Waals surface area contributed by atoms with Crippen LogP contribution in [0, 0.1) is 17.2 Å². The number of esters is 1. The summed E-state index contributed by atoms with van der Waals surface area (Å²) in [6.45, 7) is 1.80. The molecule has 5 aromatic rings. The quantitative estimate of drug-likeness (QED) is 0.117. The molecule has 1 N–H and O–H groups in total. The predicted molar refractivity (Wildman–Crippen MR) is 185 cm³/mol. The summed E-state index contributed by atoms with van der Waals surface area (Å²) < 4.78 is 36.6. The SMILES string of the molecule is CC1CN(Cc2ccc(-c3noc(-c4ccc(-c5ccccc5)c(F)c4)n3)cc2)C(C(=O)C2=COCO2)CC1(C(=O)O)C(=O)OCc1ccccc1. The normalized spacial score (nSPS) is 20.0. The molecule has 264 valence electrons. The molecule has 1 saturated heterocycles. The number of benzene rings is 4. The smallest absolute Gasteiger partial charge is 0.324 e. The monoisotopic (exact) mass is 703 g/mol. The van der Waals surface area contributed by atoms with Crippen LogP contribution in [0.3, 0.4) is 0 Å². The number of halogens is 1. The van der Waals surface area contributed by atoms with Crippen molar-refractivity contribution in [2.24, 2.45) is 11.3 Å². The first-order valence-electron chi connectivity index (χ1n) is 16.7. The van der Waals surface area contributed by atoms with Crippen molar-refractivity contribution in [3.63, 3.8) is 0 Å². The minimum atomic E-state index is -1.98. The Kier molecular flexibility index (Phi) is 9.64. The molecule has 11 nitrogen and oxygen atoms in total. The third kappa shape index (κ3) is 6.80. The van der Waals surface area contributed by atoms with Gasteiger partial charge in [0.05, 0.1) is 6.04 Å². The van der Waals surface area contributed by atoms with Crippen molar-refractivity contribution in [2.75, 3.05) is 13.3 Å². The van der Waals surface area contributed by atoms with Gasteiger partial charge in [-0.05, 0) is 41.2 Å². The molecule has 0 spiro atoms. The Morgan fingerprint density at radius 2 is 1.63 bits per heavy atom. The maximum atomic E-state index is 15.0. The number of carbonyl (C=O) groups excluding carboxylic acids is 2. The maximum Gasteiger partial charge on any atom is 0.324 e. The van der Waals surface area contributed by atoms with Crippen molar-refractivity contribution in [2.45, 2.75) is 32.5 Å². The Labute approximate surface area is 298 Å². The van der Waals surface area contributed by atoms with Gasteiger partial charge < -0.3 is 23.8 Å². The topological polar surface area (TPSA) is 141 Å². The second kappa shape index (κ2) is 14.6. The fraction of sp³-hybridized carbons (Fsp3) is 0.225. The summed E-state index contributed by atoms with van der Waals surface area (Å²) in [7, 11) is 0. The molecule has 0 bridgehead atoms. The lowest BCUT2D eigenvalue weighted by Gasteiger charge is -2.46. The van der Waals surface area contributed by atoms with E-state index in [9.17, 15) is 19.5 Å². The van der Waals surface area contributed by atoms with Crippen molar-refractivity contribution in [1.82, 2.24) is 15.0 Å². The van der Waals surface area contributed by atoms with Gasteiger partial charge in [0.25, 0.3) is 5.89 Å².